The Labute approximate surface area is 162 Å². The Hall–Kier alpha value is -3.42. The van der Waals surface area contributed by atoms with Crippen LogP contribution in [0.3, 0.4) is 0 Å². The van der Waals surface area contributed by atoms with Crippen LogP contribution in [0, 0.1) is 12.7 Å². The van der Waals surface area contributed by atoms with Crippen molar-refractivity contribution in [3.8, 4) is 5.75 Å². The molecule has 1 aliphatic heterocycles. The van der Waals surface area contributed by atoms with E-state index in [9.17, 15) is 14.0 Å². The molecule has 3 rings (SSSR count). The van der Waals surface area contributed by atoms with Gasteiger partial charge >= 0.3 is 0 Å². The summed E-state index contributed by atoms with van der Waals surface area (Å²) in [6, 6.07) is 12.3. The molecule has 146 valence electrons. The largest absolute Gasteiger partial charge is 0.492 e. The van der Waals surface area contributed by atoms with Crippen molar-refractivity contribution >= 4 is 23.2 Å². The van der Waals surface area contributed by atoms with Gasteiger partial charge in [-0.25, -0.2) is 4.39 Å². The number of carbonyl (C=O) groups excluding carboxylic acids is 2. The molecular weight excluding hydrogens is 363 g/mol. The highest BCUT2D eigenvalue weighted by Crippen LogP contribution is 2.24. The molecule has 0 aromatic heterocycles. The number of hydrogen-bond acceptors (Lipinski definition) is 5. The molecule has 28 heavy (non-hydrogen) atoms. The molecule has 2 amide bonds. The number of nitrogens with zero attached hydrogens (tertiary/aromatic N) is 2. The molecule has 0 radical (unpaired) electrons. The van der Waals surface area contributed by atoms with Crippen LogP contribution in [0.2, 0.25) is 0 Å². The van der Waals surface area contributed by atoms with Crippen molar-refractivity contribution in [2.75, 3.05) is 18.2 Å². The third-order valence-corrected chi connectivity index (χ3v) is 4.27. The second kappa shape index (κ2) is 8.51. The number of ether oxygens (including phenoxy) is 1. The van der Waals surface area contributed by atoms with Crippen LogP contribution < -0.4 is 20.8 Å². The third-order valence-electron chi connectivity index (χ3n) is 4.27. The normalized spacial score (nSPS) is 15.9. The fraction of sp³-hybridized carbons (Fsp3) is 0.250. The molecule has 1 atom stereocenters. The van der Waals surface area contributed by atoms with Crippen molar-refractivity contribution in [1.29, 1.82) is 0 Å². The van der Waals surface area contributed by atoms with E-state index in [1.165, 1.54) is 29.3 Å². The van der Waals surface area contributed by atoms with Gasteiger partial charge in [0.1, 0.15) is 29.9 Å². The molecule has 3 N–H and O–H groups in total. The Balaban J connectivity index is 1.57. The second-order valence-electron chi connectivity index (χ2n) is 6.41. The number of hydrazone groups is 1. The Kier molecular flexibility index (Phi) is 5.88. The molecule has 0 spiro atoms. The van der Waals surface area contributed by atoms with Crippen LogP contribution in [-0.4, -0.2) is 36.7 Å². The molecule has 1 aliphatic rings. The zero-order valence-electron chi connectivity index (χ0n) is 15.4. The molecule has 2 aromatic rings. The Morgan fingerprint density at radius 2 is 1.89 bits per heavy atom. The standard InChI is InChI=1S/C20H21FN4O3/c1-13-2-8-16(9-3-13)28-11-10-23-20(27)17-12-18(19(22)26)25(24-17)15-6-4-14(21)5-7-15/h2-9,18H,10-12H2,1H3,(H2,22,26)(H,23,27). The first-order chi connectivity index (χ1) is 13.4. The summed E-state index contributed by atoms with van der Waals surface area (Å²) in [6.45, 7) is 2.56. The summed E-state index contributed by atoms with van der Waals surface area (Å²) < 4.78 is 18.7. The average molecular weight is 384 g/mol. The van der Waals surface area contributed by atoms with Crippen molar-refractivity contribution in [2.45, 2.75) is 19.4 Å². The smallest absolute Gasteiger partial charge is 0.267 e. The topological polar surface area (TPSA) is 97.0 Å². The number of anilines is 1. The van der Waals surface area contributed by atoms with Gasteiger partial charge < -0.3 is 15.8 Å². The molecule has 1 heterocycles. The Morgan fingerprint density at radius 1 is 1.21 bits per heavy atom. The lowest BCUT2D eigenvalue weighted by Gasteiger charge is -2.20. The van der Waals surface area contributed by atoms with Gasteiger partial charge in [0.15, 0.2) is 0 Å². The molecular formula is C20H21FN4O3. The van der Waals surface area contributed by atoms with Crippen molar-refractivity contribution in [1.82, 2.24) is 5.32 Å². The minimum Gasteiger partial charge on any atom is -0.492 e. The highest BCUT2D eigenvalue weighted by Gasteiger charge is 2.34. The predicted molar refractivity (Wildman–Crippen MR) is 104 cm³/mol. The summed E-state index contributed by atoms with van der Waals surface area (Å²) in [6.07, 6.45) is 0.0807. The molecule has 7 nitrogen and oxygen atoms in total. The van der Waals surface area contributed by atoms with Gasteiger partial charge in [0.05, 0.1) is 12.2 Å². The summed E-state index contributed by atoms with van der Waals surface area (Å²) in [4.78, 5) is 24.1. The van der Waals surface area contributed by atoms with Gasteiger partial charge in [-0.2, -0.15) is 5.10 Å². The van der Waals surface area contributed by atoms with E-state index in [4.69, 9.17) is 10.5 Å². The van der Waals surface area contributed by atoms with Gasteiger partial charge in [-0.3, -0.25) is 14.6 Å². The SMILES string of the molecule is Cc1ccc(OCCNC(=O)C2=NN(c3ccc(F)cc3)C(C(N)=O)C2)cc1. The molecule has 8 heteroatoms. The first-order valence-electron chi connectivity index (χ1n) is 8.83. The first-order valence-corrected chi connectivity index (χ1v) is 8.83. The van der Waals surface area contributed by atoms with E-state index >= 15 is 0 Å². The minimum absolute atomic E-state index is 0.0807. The van der Waals surface area contributed by atoms with Gasteiger partial charge in [0.2, 0.25) is 5.91 Å². The van der Waals surface area contributed by atoms with Crippen LogP contribution in [0.15, 0.2) is 53.6 Å². The fourth-order valence-electron chi connectivity index (χ4n) is 2.77. The number of nitrogens with one attached hydrogen (secondary N) is 1. The predicted octanol–water partition coefficient (Wildman–Crippen LogP) is 1.75. The number of primary amides is 1. The van der Waals surface area contributed by atoms with Crippen LogP contribution in [0.25, 0.3) is 0 Å². The average Bonchev–Trinajstić information content (AvgIpc) is 3.13. The zero-order chi connectivity index (χ0) is 20.1. The Morgan fingerprint density at radius 3 is 2.54 bits per heavy atom. The summed E-state index contributed by atoms with van der Waals surface area (Å²) in [5.41, 5.74) is 7.23. The van der Waals surface area contributed by atoms with E-state index in [1.54, 1.807) is 0 Å². The maximum atomic E-state index is 13.1. The molecule has 0 bridgehead atoms. The molecule has 0 aliphatic carbocycles. The fourth-order valence-corrected chi connectivity index (χ4v) is 2.77. The number of rotatable bonds is 7. The van der Waals surface area contributed by atoms with Gasteiger partial charge in [0, 0.05) is 6.42 Å². The van der Waals surface area contributed by atoms with Crippen molar-refractivity contribution in [3.05, 3.63) is 59.9 Å². The molecule has 0 saturated heterocycles. The van der Waals surface area contributed by atoms with Crippen molar-refractivity contribution in [2.24, 2.45) is 10.8 Å². The quantitative estimate of drug-likeness (QED) is 0.711. The zero-order valence-corrected chi connectivity index (χ0v) is 15.4. The molecule has 2 aromatic carbocycles. The number of benzene rings is 2. The van der Waals surface area contributed by atoms with Crippen molar-refractivity contribution in [3.63, 3.8) is 0 Å². The number of amides is 2. The third kappa shape index (κ3) is 4.64. The van der Waals surface area contributed by atoms with E-state index < -0.39 is 23.7 Å². The number of nitrogens with two attached hydrogens (primary N) is 1. The molecule has 0 saturated carbocycles. The summed E-state index contributed by atoms with van der Waals surface area (Å²) in [5.74, 6) is -0.703. The van der Waals surface area contributed by atoms with Crippen molar-refractivity contribution < 1.29 is 18.7 Å². The number of carbonyl (C=O) groups is 2. The minimum atomic E-state index is -0.796. The van der Waals surface area contributed by atoms with E-state index in [1.807, 2.05) is 31.2 Å². The van der Waals surface area contributed by atoms with Crippen LogP contribution in [0.4, 0.5) is 10.1 Å². The van der Waals surface area contributed by atoms with E-state index in [-0.39, 0.29) is 18.7 Å². The first kappa shape index (κ1) is 19.3. The van der Waals surface area contributed by atoms with Gasteiger partial charge in [0.25, 0.3) is 5.91 Å². The van der Waals surface area contributed by atoms with E-state index in [2.05, 4.69) is 10.4 Å². The van der Waals surface area contributed by atoms with Gasteiger partial charge in [-0.05, 0) is 43.3 Å². The highest BCUT2D eigenvalue weighted by atomic mass is 19.1. The second-order valence-corrected chi connectivity index (χ2v) is 6.41. The maximum Gasteiger partial charge on any atom is 0.267 e. The van der Waals surface area contributed by atoms with Gasteiger partial charge in [-0.1, -0.05) is 17.7 Å². The lowest BCUT2D eigenvalue weighted by Crippen LogP contribution is -2.40. The van der Waals surface area contributed by atoms with Gasteiger partial charge in [-0.15, -0.1) is 0 Å². The molecule has 1 unspecified atom stereocenters. The number of hydrogen-bond donors (Lipinski definition) is 2. The van der Waals surface area contributed by atoms with Crippen LogP contribution in [0.5, 0.6) is 5.75 Å². The summed E-state index contributed by atoms with van der Waals surface area (Å²) in [5, 5.41) is 8.27. The summed E-state index contributed by atoms with van der Waals surface area (Å²) >= 11 is 0. The van der Waals surface area contributed by atoms with Crippen LogP contribution in [-0.2, 0) is 9.59 Å². The number of aryl methyl sites for hydroxylation is 1. The van der Waals surface area contributed by atoms with Crippen LogP contribution >= 0.6 is 0 Å². The monoisotopic (exact) mass is 384 g/mol. The molecule has 0 fully saturated rings. The van der Waals surface area contributed by atoms with E-state index in [0.29, 0.717) is 18.0 Å². The number of halogens is 1. The summed E-state index contributed by atoms with van der Waals surface area (Å²) in [7, 11) is 0. The van der Waals surface area contributed by atoms with E-state index in [0.717, 1.165) is 5.56 Å². The highest BCUT2D eigenvalue weighted by molar-refractivity contribution is 6.40. The lowest BCUT2D eigenvalue weighted by molar-refractivity contribution is -0.119. The maximum absolute atomic E-state index is 13.1. The van der Waals surface area contributed by atoms with Crippen LogP contribution in [0.1, 0.15) is 12.0 Å². The Bertz CT molecular complexity index is 881. The lowest BCUT2D eigenvalue weighted by atomic mass is 10.1.